The Morgan fingerprint density at radius 1 is 1.00 bits per heavy atom. The average molecular weight is 430 g/mol. The first-order chi connectivity index (χ1) is 14.2. The van der Waals surface area contributed by atoms with Crippen molar-refractivity contribution >= 4 is 46.1 Å². The summed E-state index contributed by atoms with van der Waals surface area (Å²) in [6.07, 6.45) is 1.54. The molecule has 0 saturated heterocycles. The quantitative estimate of drug-likeness (QED) is 0.602. The van der Waals surface area contributed by atoms with Gasteiger partial charge in [0.25, 0.3) is 0 Å². The number of furan rings is 1. The van der Waals surface area contributed by atoms with E-state index in [4.69, 9.17) is 25.5 Å². The Bertz CT molecular complexity index is 1130. The van der Waals surface area contributed by atoms with Crippen LogP contribution in [0.15, 0.2) is 34.9 Å². The van der Waals surface area contributed by atoms with E-state index in [1.165, 1.54) is 38.7 Å². The fraction of sp³-hybridized carbons (Fsp3) is 0.227. The molecule has 1 heterocycles. The minimum absolute atomic E-state index is 0.0171. The molecule has 1 aromatic heterocycles. The predicted octanol–water partition coefficient (Wildman–Crippen LogP) is 4.46. The number of methoxy groups -OCH3 is 2. The number of halogens is 1. The van der Waals surface area contributed by atoms with E-state index in [9.17, 15) is 14.4 Å². The van der Waals surface area contributed by atoms with Crippen LogP contribution in [0.1, 0.15) is 37.4 Å². The Morgan fingerprint density at radius 2 is 1.60 bits per heavy atom. The third-order valence-corrected chi connectivity index (χ3v) is 5.29. The van der Waals surface area contributed by atoms with Crippen molar-refractivity contribution in [2.24, 2.45) is 0 Å². The third kappa shape index (κ3) is 4.16. The fourth-order valence-electron chi connectivity index (χ4n) is 3.29. The van der Waals surface area contributed by atoms with E-state index < -0.39 is 11.9 Å². The number of hydrogen-bond acceptors (Lipinski definition) is 6. The van der Waals surface area contributed by atoms with E-state index in [0.717, 1.165) is 16.5 Å². The van der Waals surface area contributed by atoms with Crippen LogP contribution < -0.4 is 5.32 Å². The van der Waals surface area contributed by atoms with Gasteiger partial charge in [-0.25, -0.2) is 9.59 Å². The first-order valence-electron chi connectivity index (χ1n) is 9.02. The molecule has 0 radical (unpaired) electrons. The maximum atomic E-state index is 12.7. The summed E-state index contributed by atoms with van der Waals surface area (Å²) in [5.74, 6) is -1.64. The molecule has 0 aliphatic heterocycles. The van der Waals surface area contributed by atoms with Crippen molar-refractivity contribution in [1.29, 1.82) is 0 Å². The third-order valence-electron chi connectivity index (χ3n) is 4.70. The maximum Gasteiger partial charge on any atom is 0.337 e. The second-order valence-electron chi connectivity index (χ2n) is 6.77. The molecule has 0 spiro atoms. The molecule has 0 aliphatic carbocycles. The Labute approximate surface area is 177 Å². The summed E-state index contributed by atoms with van der Waals surface area (Å²) in [5.41, 5.74) is 3.55. The van der Waals surface area contributed by atoms with Crippen LogP contribution in [-0.2, 0) is 20.7 Å². The van der Waals surface area contributed by atoms with Gasteiger partial charge >= 0.3 is 11.9 Å². The highest BCUT2D eigenvalue weighted by molar-refractivity contribution is 6.33. The monoisotopic (exact) mass is 429 g/mol. The average Bonchev–Trinajstić information content (AvgIpc) is 3.12. The van der Waals surface area contributed by atoms with Gasteiger partial charge in [-0.05, 0) is 49.2 Å². The lowest BCUT2D eigenvalue weighted by Crippen LogP contribution is -2.16. The number of fused-ring (bicyclic) bond motifs is 1. The number of esters is 2. The van der Waals surface area contributed by atoms with E-state index in [-0.39, 0.29) is 29.1 Å². The zero-order valence-corrected chi connectivity index (χ0v) is 17.7. The van der Waals surface area contributed by atoms with Crippen molar-refractivity contribution in [2.75, 3.05) is 19.5 Å². The smallest absolute Gasteiger partial charge is 0.337 e. The van der Waals surface area contributed by atoms with E-state index in [0.29, 0.717) is 16.2 Å². The summed E-state index contributed by atoms with van der Waals surface area (Å²) in [7, 11) is 2.45. The standard InChI is InChI=1S/C22H20ClNO6/c1-11-5-17-19(12(2)20(11)23)15(10-30-17)9-18(25)24-16-7-13(21(26)28-3)6-14(8-16)22(27)29-4/h5-8,10H,9H2,1-4H3,(H,24,25). The topological polar surface area (TPSA) is 94.8 Å². The van der Waals surface area contributed by atoms with Crippen molar-refractivity contribution in [2.45, 2.75) is 20.3 Å². The lowest BCUT2D eigenvalue weighted by molar-refractivity contribution is -0.115. The molecular formula is C22H20ClNO6. The molecule has 8 heteroatoms. The number of nitrogens with one attached hydrogen (secondary N) is 1. The molecule has 0 aliphatic rings. The van der Waals surface area contributed by atoms with E-state index in [2.05, 4.69) is 5.32 Å². The largest absolute Gasteiger partial charge is 0.465 e. The summed E-state index contributed by atoms with van der Waals surface area (Å²) >= 11 is 6.34. The molecule has 0 saturated carbocycles. The van der Waals surface area contributed by atoms with Crippen LogP contribution in [0.4, 0.5) is 5.69 Å². The second-order valence-corrected chi connectivity index (χ2v) is 7.15. The highest BCUT2D eigenvalue weighted by Crippen LogP contribution is 2.33. The summed E-state index contributed by atoms with van der Waals surface area (Å²) < 4.78 is 15.0. The molecule has 1 amide bonds. The molecule has 1 N–H and O–H groups in total. The first-order valence-corrected chi connectivity index (χ1v) is 9.40. The van der Waals surface area contributed by atoms with Crippen LogP contribution in [0.3, 0.4) is 0 Å². The number of carbonyl (C=O) groups is 3. The van der Waals surface area contributed by atoms with Gasteiger partial charge in [0.15, 0.2) is 0 Å². The van der Waals surface area contributed by atoms with Crippen LogP contribution in [0.2, 0.25) is 5.02 Å². The van der Waals surface area contributed by atoms with Crippen LogP contribution in [0.5, 0.6) is 0 Å². The van der Waals surface area contributed by atoms with E-state index >= 15 is 0 Å². The number of ether oxygens (including phenoxy) is 2. The van der Waals surface area contributed by atoms with Gasteiger partial charge in [0.1, 0.15) is 5.58 Å². The number of amides is 1. The molecule has 3 rings (SSSR count). The first kappa shape index (κ1) is 21.4. The molecule has 30 heavy (non-hydrogen) atoms. The number of rotatable bonds is 5. The Hall–Kier alpha value is -3.32. The molecule has 7 nitrogen and oxygen atoms in total. The second kappa shape index (κ2) is 8.59. The molecule has 0 bridgehead atoms. The Balaban J connectivity index is 1.89. The van der Waals surface area contributed by atoms with Crippen molar-refractivity contribution in [3.63, 3.8) is 0 Å². The van der Waals surface area contributed by atoms with Gasteiger partial charge < -0.3 is 19.2 Å². The maximum absolute atomic E-state index is 12.7. The van der Waals surface area contributed by atoms with Gasteiger partial charge in [0.2, 0.25) is 5.91 Å². The molecular weight excluding hydrogens is 410 g/mol. The van der Waals surface area contributed by atoms with Gasteiger partial charge in [-0.15, -0.1) is 0 Å². The Morgan fingerprint density at radius 3 is 2.17 bits per heavy atom. The van der Waals surface area contributed by atoms with Gasteiger partial charge in [0.05, 0.1) is 38.0 Å². The van der Waals surface area contributed by atoms with Gasteiger partial charge in [-0.2, -0.15) is 0 Å². The number of anilines is 1. The summed E-state index contributed by atoms with van der Waals surface area (Å²) in [4.78, 5) is 36.5. The minimum atomic E-state index is -0.641. The lowest BCUT2D eigenvalue weighted by Gasteiger charge is -2.10. The van der Waals surface area contributed by atoms with Crippen LogP contribution in [0, 0.1) is 13.8 Å². The van der Waals surface area contributed by atoms with Gasteiger partial charge in [-0.3, -0.25) is 4.79 Å². The number of benzene rings is 2. The van der Waals surface area contributed by atoms with Crippen LogP contribution in [-0.4, -0.2) is 32.1 Å². The summed E-state index contributed by atoms with van der Waals surface area (Å²) in [6.45, 7) is 3.76. The number of hydrogen-bond donors (Lipinski definition) is 1. The van der Waals surface area contributed by atoms with Crippen molar-refractivity contribution in [3.05, 3.63) is 63.4 Å². The van der Waals surface area contributed by atoms with E-state index in [1.54, 1.807) is 0 Å². The SMILES string of the molecule is COC(=O)c1cc(NC(=O)Cc2coc3cc(C)c(Cl)c(C)c23)cc(C(=O)OC)c1. The summed E-state index contributed by atoms with van der Waals surface area (Å²) in [6, 6.07) is 6.02. The minimum Gasteiger partial charge on any atom is -0.465 e. The van der Waals surface area contributed by atoms with Crippen molar-refractivity contribution in [1.82, 2.24) is 0 Å². The van der Waals surface area contributed by atoms with Crippen LogP contribution >= 0.6 is 11.6 Å². The molecule has 2 aromatic carbocycles. The van der Waals surface area contributed by atoms with Crippen molar-refractivity contribution in [3.8, 4) is 0 Å². The molecule has 0 unspecified atom stereocenters. The Kier molecular flexibility index (Phi) is 6.12. The van der Waals surface area contributed by atoms with Crippen LogP contribution in [0.25, 0.3) is 11.0 Å². The lowest BCUT2D eigenvalue weighted by atomic mass is 10.0. The zero-order chi connectivity index (χ0) is 22.0. The molecule has 156 valence electrons. The zero-order valence-electron chi connectivity index (χ0n) is 16.9. The highest BCUT2D eigenvalue weighted by atomic mass is 35.5. The van der Waals surface area contributed by atoms with E-state index in [1.807, 2.05) is 19.9 Å². The molecule has 0 fully saturated rings. The fourth-order valence-corrected chi connectivity index (χ4v) is 3.44. The predicted molar refractivity (Wildman–Crippen MR) is 112 cm³/mol. The molecule has 0 atom stereocenters. The van der Waals surface area contributed by atoms with Crippen molar-refractivity contribution < 1.29 is 28.3 Å². The van der Waals surface area contributed by atoms with Gasteiger partial charge in [0, 0.05) is 21.7 Å². The summed E-state index contributed by atoms with van der Waals surface area (Å²) in [5, 5.41) is 4.12. The normalized spacial score (nSPS) is 10.7. The van der Waals surface area contributed by atoms with Gasteiger partial charge in [-0.1, -0.05) is 11.6 Å². The molecule has 3 aromatic rings. The number of carbonyl (C=O) groups excluding carboxylic acids is 3. The highest BCUT2D eigenvalue weighted by Gasteiger charge is 2.18. The number of aryl methyl sites for hydroxylation is 2.